The van der Waals surface area contributed by atoms with E-state index in [1.165, 1.54) is 17.5 Å². The first-order valence-corrected chi connectivity index (χ1v) is 7.55. The minimum Gasteiger partial charge on any atom is -0.496 e. The molecule has 0 aliphatic carbocycles. The highest BCUT2D eigenvalue weighted by molar-refractivity contribution is 5.79. The molecule has 1 heterocycles. The molecular formula is C16H24N6O. The fourth-order valence-corrected chi connectivity index (χ4v) is 2.28. The predicted molar refractivity (Wildman–Crippen MR) is 90.6 cm³/mol. The second-order valence-electron chi connectivity index (χ2n) is 5.22. The average molecular weight is 316 g/mol. The van der Waals surface area contributed by atoms with E-state index in [-0.39, 0.29) is 0 Å². The molecule has 0 bridgehead atoms. The Morgan fingerprint density at radius 3 is 2.83 bits per heavy atom. The molecule has 0 spiro atoms. The molecule has 1 aromatic carbocycles. The van der Waals surface area contributed by atoms with Crippen LogP contribution in [0, 0.1) is 6.92 Å². The Labute approximate surface area is 136 Å². The van der Waals surface area contributed by atoms with Crippen LogP contribution in [-0.4, -0.2) is 41.4 Å². The number of rotatable bonds is 6. The minimum atomic E-state index is 0.573. The van der Waals surface area contributed by atoms with E-state index >= 15 is 0 Å². The molecular weight excluding hydrogens is 292 g/mol. The lowest BCUT2D eigenvalue weighted by molar-refractivity contribution is 0.409. The maximum atomic E-state index is 5.40. The number of hydrogen-bond acceptors (Lipinski definition) is 4. The number of hydrogen-bond donors (Lipinski definition) is 2. The summed E-state index contributed by atoms with van der Waals surface area (Å²) in [7, 11) is 5.31. The van der Waals surface area contributed by atoms with Gasteiger partial charge in [-0.05, 0) is 25.0 Å². The van der Waals surface area contributed by atoms with Crippen LogP contribution in [0.15, 0.2) is 29.5 Å². The summed E-state index contributed by atoms with van der Waals surface area (Å²) in [6, 6.07) is 6.21. The summed E-state index contributed by atoms with van der Waals surface area (Å²) in [4.78, 5) is 8.39. The van der Waals surface area contributed by atoms with E-state index in [4.69, 9.17) is 4.74 Å². The van der Waals surface area contributed by atoms with E-state index in [9.17, 15) is 0 Å². The van der Waals surface area contributed by atoms with Gasteiger partial charge in [-0.15, -0.1) is 0 Å². The van der Waals surface area contributed by atoms with Crippen molar-refractivity contribution in [2.45, 2.75) is 19.9 Å². The Morgan fingerprint density at radius 2 is 2.17 bits per heavy atom. The van der Waals surface area contributed by atoms with Crippen LogP contribution in [0.1, 0.15) is 17.0 Å². The van der Waals surface area contributed by atoms with Gasteiger partial charge in [-0.25, -0.2) is 4.98 Å². The van der Waals surface area contributed by atoms with Crippen molar-refractivity contribution in [3.63, 3.8) is 0 Å². The van der Waals surface area contributed by atoms with Crippen LogP contribution in [0.25, 0.3) is 0 Å². The molecule has 0 radical (unpaired) electrons. The number of aryl methyl sites for hydroxylation is 2. The summed E-state index contributed by atoms with van der Waals surface area (Å²) < 4.78 is 7.14. The van der Waals surface area contributed by atoms with Crippen molar-refractivity contribution >= 4 is 5.96 Å². The molecule has 0 unspecified atom stereocenters. The topological polar surface area (TPSA) is 76.4 Å². The highest BCUT2D eigenvalue weighted by Crippen LogP contribution is 2.19. The smallest absolute Gasteiger partial charge is 0.191 e. The molecule has 2 rings (SSSR count). The maximum absolute atomic E-state index is 5.40. The average Bonchev–Trinajstić information content (AvgIpc) is 2.96. The normalized spacial score (nSPS) is 11.4. The highest BCUT2D eigenvalue weighted by Gasteiger charge is 2.05. The lowest BCUT2D eigenvalue weighted by Crippen LogP contribution is -2.38. The molecule has 0 aliphatic rings. The van der Waals surface area contributed by atoms with Crippen molar-refractivity contribution < 1.29 is 4.74 Å². The summed E-state index contributed by atoms with van der Waals surface area (Å²) in [5.74, 6) is 2.51. The van der Waals surface area contributed by atoms with Crippen molar-refractivity contribution in [3.8, 4) is 5.75 Å². The number of aromatic nitrogens is 3. The van der Waals surface area contributed by atoms with Gasteiger partial charge in [-0.3, -0.25) is 9.67 Å². The second kappa shape index (κ2) is 8.17. The highest BCUT2D eigenvalue weighted by atomic mass is 16.5. The Bertz CT molecular complexity index is 664. The van der Waals surface area contributed by atoms with Crippen molar-refractivity contribution in [1.82, 2.24) is 25.4 Å². The first-order valence-electron chi connectivity index (χ1n) is 7.55. The van der Waals surface area contributed by atoms with Crippen LogP contribution in [-0.2, 0) is 20.0 Å². The number of nitrogens with zero attached hydrogens (tertiary/aromatic N) is 4. The van der Waals surface area contributed by atoms with Crippen LogP contribution in [0.3, 0.4) is 0 Å². The zero-order valence-electron chi connectivity index (χ0n) is 14.1. The Hall–Kier alpha value is -2.57. The summed E-state index contributed by atoms with van der Waals surface area (Å²) in [5, 5.41) is 10.6. The number of guanidine groups is 1. The van der Waals surface area contributed by atoms with E-state index in [1.807, 2.05) is 13.1 Å². The molecule has 0 fully saturated rings. The fourth-order valence-electron chi connectivity index (χ4n) is 2.28. The van der Waals surface area contributed by atoms with E-state index in [0.717, 1.165) is 30.5 Å². The quantitative estimate of drug-likeness (QED) is 0.615. The molecule has 0 aliphatic heterocycles. The number of benzene rings is 1. The van der Waals surface area contributed by atoms with Crippen molar-refractivity contribution in [2.75, 3.05) is 20.7 Å². The van der Waals surface area contributed by atoms with Gasteiger partial charge in [0.25, 0.3) is 0 Å². The molecule has 0 amide bonds. The minimum absolute atomic E-state index is 0.573. The van der Waals surface area contributed by atoms with Crippen molar-refractivity contribution in [1.29, 1.82) is 0 Å². The molecule has 0 saturated carbocycles. The molecule has 7 nitrogen and oxygen atoms in total. The van der Waals surface area contributed by atoms with Gasteiger partial charge < -0.3 is 15.4 Å². The Morgan fingerprint density at radius 1 is 1.35 bits per heavy atom. The molecule has 2 aromatic rings. The lowest BCUT2D eigenvalue weighted by Gasteiger charge is -2.13. The summed E-state index contributed by atoms with van der Waals surface area (Å²) >= 11 is 0. The third kappa shape index (κ3) is 4.70. The largest absolute Gasteiger partial charge is 0.496 e. The molecule has 23 heavy (non-hydrogen) atoms. The van der Waals surface area contributed by atoms with Gasteiger partial charge in [-0.2, -0.15) is 5.10 Å². The lowest BCUT2D eigenvalue weighted by atomic mass is 10.1. The van der Waals surface area contributed by atoms with Crippen LogP contribution in [0.2, 0.25) is 0 Å². The zero-order chi connectivity index (χ0) is 16.7. The van der Waals surface area contributed by atoms with E-state index in [1.54, 1.807) is 18.8 Å². The molecule has 0 saturated heterocycles. The summed E-state index contributed by atoms with van der Waals surface area (Å²) in [6.07, 6.45) is 2.40. The monoisotopic (exact) mass is 316 g/mol. The van der Waals surface area contributed by atoms with Gasteiger partial charge in [0.15, 0.2) is 5.96 Å². The Balaban J connectivity index is 1.84. The molecule has 1 aromatic heterocycles. The third-order valence-electron chi connectivity index (χ3n) is 3.57. The van der Waals surface area contributed by atoms with Crippen LogP contribution >= 0.6 is 0 Å². The zero-order valence-corrected chi connectivity index (χ0v) is 14.1. The van der Waals surface area contributed by atoms with Gasteiger partial charge in [0, 0.05) is 20.6 Å². The third-order valence-corrected chi connectivity index (χ3v) is 3.57. The number of methoxy groups -OCH3 is 1. The number of nitrogens with one attached hydrogen (secondary N) is 2. The van der Waals surface area contributed by atoms with E-state index in [2.05, 4.69) is 44.8 Å². The van der Waals surface area contributed by atoms with Crippen molar-refractivity contribution in [3.05, 3.63) is 41.5 Å². The van der Waals surface area contributed by atoms with Gasteiger partial charge in [-0.1, -0.05) is 17.7 Å². The second-order valence-corrected chi connectivity index (χ2v) is 5.22. The van der Waals surface area contributed by atoms with Gasteiger partial charge in [0.2, 0.25) is 0 Å². The first-order chi connectivity index (χ1) is 11.1. The standard InChI is InChI=1S/C16H24N6O/c1-12-5-6-14(23-4)13(9-12)7-8-18-16(17-2)19-10-15-20-11-21-22(15)3/h5-6,9,11H,7-8,10H2,1-4H3,(H2,17,18,19). The summed E-state index contributed by atoms with van der Waals surface area (Å²) in [5.41, 5.74) is 2.41. The molecule has 124 valence electrons. The van der Waals surface area contributed by atoms with Crippen LogP contribution < -0.4 is 15.4 Å². The molecule has 0 atom stereocenters. The summed E-state index contributed by atoms with van der Waals surface area (Å²) in [6.45, 7) is 3.42. The van der Waals surface area contributed by atoms with Crippen LogP contribution in [0.5, 0.6) is 5.75 Å². The van der Waals surface area contributed by atoms with E-state index < -0.39 is 0 Å². The van der Waals surface area contributed by atoms with Gasteiger partial charge in [0.1, 0.15) is 17.9 Å². The fraction of sp³-hybridized carbons (Fsp3) is 0.438. The van der Waals surface area contributed by atoms with Crippen LogP contribution in [0.4, 0.5) is 0 Å². The van der Waals surface area contributed by atoms with Crippen molar-refractivity contribution in [2.24, 2.45) is 12.0 Å². The SMILES string of the molecule is CN=C(NCCc1cc(C)ccc1OC)NCc1ncnn1C. The Kier molecular flexibility index (Phi) is 5.96. The maximum Gasteiger partial charge on any atom is 0.191 e. The van der Waals surface area contributed by atoms with E-state index in [0.29, 0.717) is 6.54 Å². The van der Waals surface area contributed by atoms with Gasteiger partial charge in [0.05, 0.1) is 13.7 Å². The first kappa shape index (κ1) is 16.8. The van der Waals surface area contributed by atoms with Gasteiger partial charge >= 0.3 is 0 Å². The molecule has 7 heteroatoms. The predicted octanol–water partition coefficient (Wildman–Crippen LogP) is 1.04. The number of ether oxygens (including phenoxy) is 1. The molecule has 2 N–H and O–H groups in total. The number of aliphatic imine (C=N–C) groups is 1.